The molecule has 0 bridgehead atoms. The lowest BCUT2D eigenvalue weighted by Gasteiger charge is -2.34. The molecular weight excluding hydrogens is 332 g/mol. The van der Waals surface area contributed by atoms with Crippen LogP contribution in [0.4, 0.5) is 0 Å². The lowest BCUT2D eigenvalue weighted by molar-refractivity contribution is -0.145. The highest BCUT2D eigenvalue weighted by Gasteiger charge is 2.30. The lowest BCUT2D eigenvalue weighted by atomic mass is 9.90. The smallest absolute Gasteiger partial charge is 0.307 e. The van der Waals surface area contributed by atoms with Crippen LogP contribution in [0.5, 0.6) is 5.75 Å². The van der Waals surface area contributed by atoms with Gasteiger partial charge in [-0.2, -0.15) is 0 Å². The third-order valence-corrected chi connectivity index (χ3v) is 4.61. The van der Waals surface area contributed by atoms with Gasteiger partial charge in [-0.05, 0) is 36.5 Å². The Morgan fingerprint density at radius 2 is 2.15 bits per heavy atom. The van der Waals surface area contributed by atoms with E-state index in [-0.39, 0.29) is 24.3 Å². The fraction of sp³-hybridized carbons (Fsp3) is 0.600. The van der Waals surface area contributed by atoms with E-state index >= 15 is 0 Å². The summed E-state index contributed by atoms with van der Waals surface area (Å²) in [5, 5.41) is 12.1. The van der Waals surface area contributed by atoms with Crippen molar-refractivity contribution in [2.45, 2.75) is 39.7 Å². The van der Waals surface area contributed by atoms with Crippen molar-refractivity contribution in [3.05, 3.63) is 29.8 Å². The van der Waals surface area contributed by atoms with Gasteiger partial charge in [0.15, 0.2) is 0 Å². The predicted octanol–water partition coefficient (Wildman–Crippen LogP) is 2.52. The van der Waals surface area contributed by atoms with Gasteiger partial charge in [0.25, 0.3) is 0 Å². The number of carboxylic acid groups (broad SMARTS) is 1. The van der Waals surface area contributed by atoms with Crippen molar-refractivity contribution in [2.24, 2.45) is 11.8 Å². The summed E-state index contributed by atoms with van der Waals surface area (Å²) in [6.07, 6.45) is 2.79. The number of unbranched alkanes of at least 4 members (excludes halogenated alkanes) is 1. The molecule has 0 aromatic heterocycles. The number of ether oxygens (including phenoxy) is 1. The summed E-state index contributed by atoms with van der Waals surface area (Å²) >= 11 is 0. The second-order valence-electron chi connectivity index (χ2n) is 7.20. The molecule has 1 fully saturated rings. The molecule has 2 unspecified atom stereocenters. The van der Waals surface area contributed by atoms with E-state index in [2.05, 4.69) is 12.2 Å². The van der Waals surface area contributed by atoms with Gasteiger partial charge >= 0.3 is 5.97 Å². The highest BCUT2D eigenvalue weighted by atomic mass is 16.5. The van der Waals surface area contributed by atoms with Crippen molar-refractivity contribution in [3.8, 4) is 5.75 Å². The van der Waals surface area contributed by atoms with Crippen molar-refractivity contribution >= 4 is 11.9 Å². The molecule has 2 N–H and O–H groups in total. The van der Waals surface area contributed by atoms with E-state index < -0.39 is 5.97 Å². The number of carbonyl (C=O) groups excluding carboxylic acids is 1. The Hall–Kier alpha value is -2.08. The number of nitrogens with zero attached hydrogens (tertiary/aromatic N) is 1. The van der Waals surface area contributed by atoms with Gasteiger partial charge in [-0.1, -0.05) is 32.4 Å². The number of piperidine rings is 1. The molecule has 2 rings (SSSR count). The van der Waals surface area contributed by atoms with Crippen LogP contribution < -0.4 is 10.1 Å². The minimum Gasteiger partial charge on any atom is -0.494 e. The molecule has 1 aromatic carbocycles. The minimum atomic E-state index is -0.776. The minimum absolute atomic E-state index is 0.0828. The first-order valence-electron chi connectivity index (χ1n) is 9.41. The van der Waals surface area contributed by atoms with Crippen LogP contribution in [0.25, 0.3) is 0 Å². The zero-order valence-electron chi connectivity index (χ0n) is 15.7. The molecule has 2 atom stereocenters. The Morgan fingerprint density at radius 1 is 1.35 bits per heavy atom. The SMILES string of the molecule is CCCCOc1cccc(CNC(=O)CN2CC(C)CC(C(=O)O)C2)c1. The molecule has 1 aromatic rings. The highest BCUT2D eigenvalue weighted by Crippen LogP contribution is 2.21. The van der Waals surface area contributed by atoms with E-state index in [1.54, 1.807) is 0 Å². The number of aliphatic carboxylic acids is 1. The van der Waals surface area contributed by atoms with Crippen LogP contribution in [0.3, 0.4) is 0 Å². The molecule has 0 radical (unpaired) electrons. The van der Waals surface area contributed by atoms with E-state index in [1.165, 1.54) is 0 Å². The summed E-state index contributed by atoms with van der Waals surface area (Å²) in [6.45, 7) is 6.73. The zero-order chi connectivity index (χ0) is 18.9. The number of likely N-dealkylation sites (tertiary alicyclic amines) is 1. The van der Waals surface area contributed by atoms with Crippen LogP contribution in [-0.2, 0) is 16.1 Å². The molecule has 0 aliphatic carbocycles. The fourth-order valence-corrected chi connectivity index (χ4v) is 3.31. The average Bonchev–Trinajstić information content (AvgIpc) is 2.60. The molecule has 26 heavy (non-hydrogen) atoms. The number of hydrogen-bond acceptors (Lipinski definition) is 4. The molecule has 144 valence electrons. The van der Waals surface area contributed by atoms with Crippen molar-refractivity contribution in [1.29, 1.82) is 0 Å². The number of hydrogen-bond donors (Lipinski definition) is 2. The summed E-state index contributed by atoms with van der Waals surface area (Å²) < 4.78 is 5.68. The summed E-state index contributed by atoms with van der Waals surface area (Å²) in [6, 6.07) is 7.74. The Labute approximate surface area is 155 Å². The maximum atomic E-state index is 12.2. The van der Waals surface area contributed by atoms with Crippen LogP contribution in [0.1, 0.15) is 38.7 Å². The van der Waals surface area contributed by atoms with Crippen molar-refractivity contribution in [1.82, 2.24) is 10.2 Å². The molecule has 1 aliphatic rings. The fourth-order valence-electron chi connectivity index (χ4n) is 3.31. The number of rotatable bonds is 9. The van der Waals surface area contributed by atoms with Gasteiger partial charge in [-0.3, -0.25) is 14.5 Å². The molecule has 1 aliphatic heterocycles. The first kappa shape index (κ1) is 20.2. The third kappa shape index (κ3) is 6.67. The van der Waals surface area contributed by atoms with Crippen LogP contribution >= 0.6 is 0 Å². The molecule has 0 spiro atoms. The average molecular weight is 362 g/mol. The summed E-state index contributed by atoms with van der Waals surface area (Å²) in [5.41, 5.74) is 0.989. The zero-order valence-corrected chi connectivity index (χ0v) is 15.7. The Morgan fingerprint density at radius 3 is 2.88 bits per heavy atom. The first-order chi connectivity index (χ1) is 12.5. The second-order valence-corrected chi connectivity index (χ2v) is 7.20. The molecule has 6 heteroatoms. The van der Waals surface area contributed by atoms with Gasteiger partial charge in [-0.25, -0.2) is 0 Å². The number of carboxylic acids is 1. The van der Waals surface area contributed by atoms with Gasteiger partial charge in [0.05, 0.1) is 19.1 Å². The standard InChI is InChI=1S/C20H30N2O4/c1-3-4-8-26-18-7-5-6-16(10-18)11-21-19(23)14-22-12-15(2)9-17(13-22)20(24)25/h5-7,10,15,17H,3-4,8-9,11-14H2,1-2H3,(H,21,23)(H,24,25). The molecular formula is C20H30N2O4. The Bertz CT molecular complexity index is 605. The highest BCUT2D eigenvalue weighted by molar-refractivity contribution is 5.78. The van der Waals surface area contributed by atoms with Crippen molar-refractivity contribution < 1.29 is 19.4 Å². The van der Waals surface area contributed by atoms with E-state index in [0.717, 1.165) is 30.7 Å². The number of amides is 1. The summed E-state index contributed by atoms with van der Waals surface area (Å²) in [7, 11) is 0. The largest absolute Gasteiger partial charge is 0.494 e. The van der Waals surface area contributed by atoms with Crippen LogP contribution in [0.15, 0.2) is 24.3 Å². The molecule has 0 saturated carbocycles. The van der Waals surface area contributed by atoms with Crippen molar-refractivity contribution in [3.63, 3.8) is 0 Å². The van der Waals surface area contributed by atoms with E-state index in [1.807, 2.05) is 36.1 Å². The topological polar surface area (TPSA) is 78.9 Å². The summed E-state index contributed by atoms with van der Waals surface area (Å²) in [4.78, 5) is 25.4. The van der Waals surface area contributed by atoms with Crippen LogP contribution in [0.2, 0.25) is 0 Å². The normalized spacial score (nSPS) is 20.5. The quantitative estimate of drug-likeness (QED) is 0.660. The van der Waals surface area contributed by atoms with E-state index in [9.17, 15) is 14.7 Å². The lowest BCUT2D eigenvalue weighted by Crippen LogP contribution is -2.46. The monoisotopic (exact) mass is 362 g/mol. The molecule has 6 nitrogen and oxygen atoms in total. The van der Waals surface area contributed by atoms with Gasteiger partial charge in [0.1, 0.15) is 5.75 Å². The number of nitrogens with one attached hydrogen (secondary N) is 1. The van der Waals surface area contributed by atoms with Crippen LogP contribution in [-0.4, -0.2) is 48.1 Å². The third-order valence-electron chi connectivity index (χ3n) is 4.61. The molecule has 1 saturated heterocycles. The molecule has 1 amide bonds. The Balaban J connectivity index is 1.79. The van der Waals surface area contributed by atoms with Gasteiger partial charge in [0.2, 0.25) is 5.91 Å². The summed E-state index contributed by atoms with van der Waals surface area (Å²) in [5.74, 6) is -0.139. The van der Waals surface area contributed by atoms with E-state index in [0.29, 0.717) is 26.1 Å². The maximum Gasteiger partial charge on any atom is 0.307 e. The molecule has 1 heterocycles. The van der Waals surface area contributed by atoms with Crippen LogP contribution in [0, 0.1) is 11.8 Å². The van der Waals surface area contributed by atoms with Gasteiger partial charge in [0, 0.05) is 19.6 Å². The number of benzene rings is 1. The van der Waals surface area contributed by atoms with Crippen molar-refractivity contribution in [2.75, 3.05) is 26.2 Å². The first-order valence-corrected chi connectivity index (χ1v) is 9.41. The second kappa shape index (κ2) is 10.2. The van der Waals surface area contributed by atoms with E-state index in [4.69, 9.17) is 4.74 Å². The van der Waals surface area contributed by atoms with Gasteiger partial charge < -0.3 is 15.2 Å². The predicted molar refractivity (Wildman–Crippen MR) is 100 cm³/mol. The number of carbonyl (C=O) groups is 2. The van der Waals surface area contributed by atoms with Gasteiger partial charge in [-0.15, -0.1) is 0 Å². The maximum absolute atomic E-state index is 12.2. The Kier molecular flexibility index (Phi) is 7.91.